The highest BCUT2D eigenvalue weighted by Gasteiger charge is 2.02. The molecule has 0 amide bonds. The topological polar surface area (TPSA) is 12.4 Å². The quantitative estimate of drug-likeness (QED) is 0.551. The van der Waals surface area contributed by atoms with Gasteiger partial charge in [-0.25, -0.2) is 0 Å². The molecule has 0 aliphatic carbocycles. The molecule has 0 bridgehead atoms. The second-order valence-electron chi connectivity index (χ2n) is 3.29. The van der Waals surface area contributed by atoms with Gasteiger partial charge >= 0.3 is 0 Å². The van der Waals surface area contributed by atoms with E-state index in [-0.39, 0.29) is 0 Å². The lowest BCUT2D eigenvalue weighted by molar-refractivity contribution is 0.424. The van der Waals surface area contributed by atoms with Crippen molar-refractivity contribution < 1.29 is 0 Å². The molecule has 0 saturated carbocycles. The molecule has 0 aromatic heterocycles. The molecule has 0 rings (SSSR count). The van der Waals surface area contributed by atoms with E-state index in [2.05, 4.69) is 31.8 Å². The standard InChI is InChI=1S/C10H19N/c1-9(2)10(3)7-5-6-8-11-4/h5-6,8-10H,7H2,1-4H3. The van der Waals surface area contributed by atoms with E-state index in [1.807, 2.05) is 12.3 Å². The summed E-state index contributed by atoms with van der Waals surface area (Å²) < 4.78 is 0. The molecule has 0 N–H and O–H groups in total. The summed E-state index contributed by atoms with van der Waals surface area (Å²) in [6, 6.07) is 0. The van der Waals surface area contributed by atoms with Crippen molar-refractivity contribution >= 4 is 6.21 Å². The first-order chi connectivity index (χ1) is 5.18. The third kappa shape index (κ3) is 5.84. The summed E-state index contributed by atoms with van der Waals surface area (Å²) in [6.07, 6.45) is 7.17. The molecule has 0 aromatic carbocycles. The first-order valence-electron chi connectivity index (χ1n) is 4.25. The highest BCUT2D eigenvalue weighted by Crippen LogP contribution is 2.13. The van der Waals surface area contributed by atoms with E-state index >= 15 is 0 Å². The Morgan fingerprint density at radius 2 is 1.91 bits per heavy atom. The van der Waals surface area contributed by atoms with Crippen LogP contribution in [0.25, 0.3) is 0 Å². The van der Waals surface area contributed by atoms with Crippen molar-refractivity contribution in [1.82, 2.24) is 0 Å². The zero-order chi connectivity index (χ0) is 8.69. The molecule has 0 radical (unpaired) electrons. The van der Waals surface area contributed by atoms with E-state index in [0.29, 0.717) is 0 Å². The first kappa shape index (κ1) is 10.4. The molecule has 0 saturated heterocycles. The summed E-state index contributed by atoms with van der Waals surface area (Å²) in [7, 11) is 1.79. The molecule has 1 unspecified atom stereocenters. The van der Waals surface area contributed by atoms with Crippen LogP contribution in [0.4, 0.5) is 0 Å². The second-order valence-corrected chi connectivity index (χ2v) is 3.29. The Hall–Kier alpha value is -0.590. The maximum absolute atomic E-state index is 3.87. The molecule has 0 aliphatic rings. The van der Waals surface area contributed by atoms with Crippen LogP contribution in [0.15, 0.2) is 17.1 Å². The van der Waals surface area contributed by atoms with Gasteiger partial charge in [-0.15, -0.1) is 0 Å². The van der Waals surface area contributed by atoms with Crippen molar-refractivity contribution in [3.8, 4) is 0 Å². The molecule has 0 aromatic rings. The van der Waals surface area contributed by atoms with Gasteiger partial charge in [0.1, 0.15) is 0 Å². The van der Waals surface area contributed by atoms with Crippen LogP contribution >= 0.6 is 0 Å². The Balaban J connectivity index is 3.52. The van der Waals surface area contributed by atoms with Crippen molar-refractivity contribution in [3.63, 3.8) is 0 Å². The van der Waals surface area contributed by atoms with Crippen LogP contribution in [0.2, 0.25) is 0 Å². The Morgan fingerprint density at radius 3 is 2.36 bits per heavy atom. The zero-order valence-corrected chi connectivity index (χ0v) is 8.04. The fraction of sp³-hybridized carbons (Fsp3) is 0.700. The van der Waals surface area contributed by atoms with E-state index < -0.39 is 0 Å². The number of aliphatic imine (C=N–C) groups is 1. The second kappa shape index (κ2) is 6.14. The van der Waals surface area contributed by atoms with Gasteiger partial charge in [0.05, 0.1) is 0 Å². The summed E-state index contributed by atoms with van der Waals surface area (Å²) in [5, 5.41) is 0. The molecule has 0 fully saturated rings. The van der Waals surface area contributed by atoms with E-state index in [9.17, 15) is 0 Å². The molecular weight excluding hydrogens is 134 g/mol. The minimum absolute atomic E-state index is 0.775. The van der Waals surface area contributed by atoms with Gasteiger partial charge in [0.15, 0.2) is 0 Å². The SMILES string of the molecule is CN=CC=CCC(C)C(C)C. The normalized spacial score (nSPS) is 15.4. The number of hydrogen-bond acceptors (Lipinski definition) is 1. The van der Waals surface area contributed by atoms with Crippen molar-refractivity contribution in [1.29, 1.82) is 0 Å². The fourth-order valence-electron chi connectivity index (χ4n) is 0.712. The number of nitrogens with zero attached hydrogens (tertiary/aromatic N) is 1. The number of rotatable bonds is 4. The Kier molecular flexibility index (Phi) is 5.81. The van der Waals surface area contributed by atoms with Gasteiger partial charge < -0.3 is 0 Å². The van der Waals surface area contributed by atoms with Crippen LogP contribution in [-0.4, -0.2) is 13.3 Å². The molecule has 11 heavy (non-hydrogen) atoms. The van der Waals surface area contributed by atoms with Crippen molar-refractivity contribution in [2.45, 2.75) is 27.2 Å². The van der Waals surface area contributed by atoms with E-state index in [0.717, 1.165) is 18.3 Å². The third-order valence-corrected chi connectivity index (χ3v) is 2.02. The molecular formula is C10H19N. The molecule has 0 heterocycles. The molecule has 0 spiro atoms. The Morgan fingerprint density at radius 1 is 1.27 bits per heavy atom. The van der Waals surface area contributed by atoms with Crippen LogP contribution in [0.3, 0.4) is 0 Å². The summed E-state index contributed by atoms with van der Waals surface area (Å²) in [5.74, 6) is 1.55. The zero-order valence-electron chi connectivity index (χ0n) is 8.04. The van der Waals surface area contributed by atoms with Crippen molar-refractivity contribution in [3.05, 3.63) is 12.2 Å². The van der Waals surface area contributed by atoms with E-state index in [1.165, 1.54) is 0 Å². The van der Waals surface area contributed by atoms with Gasteiger partial charge in [-0.3, -0.25) is 4.99 Å². The van der Waals surface area contributed by atoms with Crippen LogP contribution in [0.1, 0.15) is 27.2 Å². The lowest BCUT2D eigenvalue weighted by Gasteiger charge is -2.11. The Labute approximate surface area is 70.2 Å². The largest absolute Gasteiger partial charge is 0.297 e. The first-order valence-corrected chi connectivity index (χ1v) is 4.25. The van der Waals surface area contributed by atoms with Gasteiger partial charge in [-0.1, -0.05) is 26.8 Å². The smallest absolute Gasteiger partial charge is 0.0277 e. The lowest BCUT2D eigenvalue weighted by atomic mass is 9.95. The Bertz CT molecular complexity index is 134. The van der Waals surface area contributed by atoms with Gasteiger partial charge in [0, 0.05) is 13.3 Å². The maximum atomic E-state index is 3.87. The fourth-order valence-corrected chi connectivity index (χ4v) is 0.712. The summed E-state index contributed by atoms with van der Waals surface area (Å²) in [5.41, 5.74) is 0. The van der Waals surface area contributed by atoms with Crippen molar-refractivity contribution in [2.24, 2.45) is 16.8 Å². The highest BCUT2D eigenvalue weighted by molar-refractivity contribution is 5.70. The minimum Gasteiger partial charge on any atom is -0.297 e. The third-order valence-electron chi connectivity index (χ3n) is 2.02. The average Bonchev–Trinajstić information content (AvgIpc) is 1.97. The van der Waals surface area contributed by atoms with Crippen LogP contribution < -0.4 is 0 Å². The summed E-state index contributed by atoms with van der Waals surface area (Å²) >= 11 is 0. The van der Waals surface area contributed by atoms with Crippen molar-refractivity contribution in [2.75, 3.05) is 7.05 Å². The van der Waals surface area contributed by atoms with Gasteiger partial charge in [-0.2, -0.15) is 0 Å². The van der Waals surface area contributed by atoms with Gasteiger partial charge in [0.25, 0.3) is 0 Å². The summed E-state index contributed by atoms with van der Waals surface area (Å²) in [6.45, 7) is 6.79. The maximum Gasteiger partial charge on any atom is 0.0277 e. The van der Waals surface area contributed by atoms with Gasteiger partial charge in [0.2, 0.25) is 0 Å². The number of allylic oxidation sites excluding steroid dienone is 2. The molecule has 1 atom stereocenters. The molecule has 64 valence electrons. The predicted molar refractivity (Wildman–Crippen MR) is 52.2 cm³/mol. The van der Waals surface area contributed by atoms with Gasteiger partial charge in [-0.05, 0) is 24.3 Å². The molecule has 1 heteroatoms. The average molecular weight is 153 g/mol. The molecule has 0 aliphatic heterocycles. The summed E-state index contributed by atoms with van der Waals surface area (Å²) in [4.78, 5) is 3.87. The van der Waals surface area contributed by atoms with Crippen LogP contribution in [0, 0.1) is 11.8 Å². The number of hydrogen-bond donors (Lipinski definition) is 0. The monoisotopic (exact) mass is 153 g/mol. The minimum atomic E-state index is 0.775. The van der Waals surface area contributed by atoms with Crippen LogP contribution in [0.5, 0.6) is 0 Å². The highest BCUT2D eigenvalue weighted by atomic mass is 14.6. The molecule has 1 nitrogen and oxygen atoms in total. The van der Waals surface area contributed by atoms with E-state index in [1.54, 1.807) is 7.05 Å². The predicted octanol–water partition coefficient (Wildman–Crippen LogP) is 2.93. The lowest BCUT2D eigenvalue weighted by Crippen LogP contribution is -2.01. The van der Waals surface area contributed by atoms with E-state index in [4.69, 9.17) is 0 Å². The van der Waals surface area contributed by atoms with Crippen LogP contribution in [-0.2, 0) is 0 Å².